The van der Waals surface area contributed by atoms with Crippen LogP contribution in [0.15, 0.2) is 42.5 Å². The number of esters is 1. The van der Waals surface area contributed by atoms with E-state index in [1.165, 1.54) is 4.90 Å². The maximum Gasteiger partial charge on any atom is 0.312 e. The SMILES string of the molecule is CCOC(=O)[C@@H]1[C@H]2C(=O)N([C@@H](CO)CC(C)C)C(C(=O)Nc3ccc4ccccc4c3)C23CC(C)[C@@]1(C)O3. The molecule has 0 radical (unpaired) electrons. The Morgan fingerprint density at radius 2 is 1.92 bits per heavy atom. The Morgan fingerprint density at radius 3 is 2.58 bits per heavy atom. The number of amides is 2. The van der Waals surface area contributed by atoms with Crippen molar-refractivity contribution < 1.29 is 29.0 Å². The van der Waals surface area contributed by atoms with Crippen LogP contribution in [0.1, 0.15) is 47.5 Å². The quantitative estimate of drug-likeness (QED) is 0.512. The van der Waals surface area contributed by atoms with Crippen LogP contribution < -0.4 is 5.32 Å². The fourth-order valence-electron chi connectivity index (χ4n) is 7.26. The van der Waals surface area contributed by atoms with Crippen molar-refractivity contribution in [2.75, 3.05) is 18.5 Å². The second kappa shape index (κ2) is 9.65. The number of benzene rings is 2. The Labute approximate surface area is 223 Å². The number of ether oxygens (including phenoxy) is 2. The summed E-state index contributed by atoms with van der Waals surface area (Å²) in [5, 5.41) is 15.5. The Kier molecular flexibility index (Phi) is 6.76. The Balaban J connectivity index is 1.58. The van der Waals surface area contributed by atoms with Gasteiger partial charge in [0.25, 0.3) is 0 Å². The molecule has 0 saturated carbocycles. The van der Waals surface area contributed by atoms with E-state index in [0.717, 1.165) is 10.8 Å². The van der Waals surface area contributed by atoms with E-state index in [1.807, 2.05) is 70.2 Å². The maximum absolute atomic E-state index is 14.2. The molecule has 8 heteroatoms. The van der Waals surface area contributed by atoms with Gasteiger partial charge in [-0.1, -0.05) is 51.1 Å². The van der Waals surface area contributed by atoms with Crippen LogP contribution in [-0.2, 0) is 23.9 Å². The molecule has 38 heavy (non-hydrogen) atoms. The van der Waals surface area contributed by atoms with Crippen molar-refractivity contribution in [3.8, 4) is 0 Å². The fourth-order valence-corrected chi connectivity index (χ4v) is 7.26. The minimum Gasteiger partial charge on any atom is -0.466 e. The van der Waals surface area contributed by atoms with Crippen LogP contribution in [0.4, 0.5) is 5.69 Å². The van der Waals surface area contributed by atoms with Gasteiger partial charge in [0.1, 0.15) is 17.6 Å². The Morgan fingerprint density at radius 1 is 1.21 bits per heavy atom. The number of nitrogens with one attached hydrogen (secondary N) is 1. The maximum atomic E-state index is 14.2. The van der Waals surface area contributed by atoms with Gasteiger partial charge in [-0.3, -0.25) is 14.4 Å². The Bertz CT molecular complexity index is 1260. The van der Waals surface area contributed by atoms with Crippen molar-refractivity contribution in [2.24, 2.45) is 23.7 Å². The van der Waals surface area contributed by atoms with Crippen LogP contribution in [0.5, 0.6) is 0 Å². The first-order valence-electron chi connectivity index (χ1n) is 13.7. The average molecular weight is 523 g/mol. The molecule has 204 valence electrons. The average Bonchev–Trinajstić information content (AvgIpc) is 3.39. The van der Waals surface area contributed by atoms with Gasteiger partial charge in [-0.2, -0.15) is 0 Å². The zero-order valence-electron chi connectivity index (χ0n) is 22.8. The highest BCUT2D eigenvalue weighted by Gasteiger charge is 2.80. The number of aliphatic hydroxyl groups excluding tert-OH is 1. The molecule has 3 aliphatic rings. The van der Waals surface area contributed by atoms with E-state index in [0.29, 0.717) is 18.5 Å². The fraction of sp³-hybridized carbons (Fsp3) is 0.567. The van der Waals surface area contributed by atoms with Gasteiger partial charge in [-0.25, -0.2) is 0 Å². The number of fused-ring (bicyclic) bond motifs is 2. The molecule has 2 N–H and O–H groups in total. The summed E-state index contributed by atoms with van der Waals surface area (Å²) in [4.78, 5) is 43.2. The third kappa shape index (κ3) is 3.92. The summed E-state index contributed by atoms with van der Waals surface area (Å²) in [5.74, 6) is -2.74. The van der Waals surface area contributed by atoms with Crippen molar-refractivity contribution in [1.82, 2.24) is 4.90 Å². The molecular weight excluding hydrogens is 484 g/mol. The van der Waals surface area contributed by atoms with Gasteiger partial charge in [0, 0.05) is 5.69 Å². The van der Waals surface area contributed by atoms with Crippen molar-refractivity contribution in [2.45, 2.75) is 70.7 Å². The number of carbonyl (C=O) groups excluding carboxylic acids is 3. The molecule has 0 aliphatic carbocycles. The summed E-state index contributed by atoms with van der Waals surface area (Å²) in [5.41, 5.74) is -1.50. The summed E-state index contributed by atoms with van der Waals surface area (Å²) < 4.78 is 12.1. The lowest BCUT2D eigenvalue weighted by atomic mass is 9.62. The number of aliphatic hydroxyl groups is 1. The number of nitrogens with zero attached hydrogens (tertiary/aromatic N) is 1. The first-order chi connectivity index (χ1) is 18.1. The van der Waals surface area contributed by atoms with E-state index in [4.69, 9.17) is 9.47 Å². The van der Waals surface area contributed by atoms with Crippen LogP contribution in [-0.4, -0.2) is 64.3 Å². The number of likely N-dealkylation sites (tertiary alicyclic amines) is 1. The van der Waals surface area contributed by atoms with Gasteiger partial charge in [0.15, 0.2) is 0 Å². The van der Waals surface area contributed by atoms with E-state index in [2.05, 4.69) is 5.32 Å². The molecule has 7 atom stereocenters. The molecule has 0 aromatic heterocycles. The molecule has 2 amide bonds. The minimum atomic E-state index is -1.19. The van der Waals surface area contributed by atoms with Crippen LogP contribution in [0, 0.1) is 23.7 Å². The van der Waals surface area contributed by atoms with Crippen molar-refractivity contribution in [3.63, 3.8) is 0 Å². The normalized spacial score (nSPS) is 32.6. The van der Waals surface area contributed by atoms with Crippen LogP contribution in [0.2, 0.25) is 0 Å². The molecule has 3 saturated heterocycles. The van der Waals surface area contributed by atoms with E-state index >= 15 is 0 Å². The van der Waals surface area contributed by atoms with Gasteiger partial charge < -0.3 is 24.8 Å². The highest BCUT2D eigenvalue weighted by molar-refractivity contribution is 6.04. The molecule has 8 nitrogen and oxygen atoms in total. The predicted octanol–water partition coefficient (Wildman–Crippen LogP) is 3.76. The molecule has 3 aliphatic heterocycles. The van der Waals surface area contributed by atoms with Gasteiger partial charge in [-0.05, 0) is 61.4 Å². The number of rotatable bonds is 8. The minimum absolute atomic E-state index is 0.0745. The standard InChI is InChI=1S/C30H38N2O6/c1-6-37-28(36)24-23-27(35)32(22(16-33)13-17(2)3)25(30(23)15-18(4)29(24,5)38-30)26(34)31-21-12-11-19-9-7-8-10-20(19)14-21/h7-12,14,17-18,22-25,33H,6,13,15-16H2,1-5H3,(H,31,34)/t18?,22-,23+,24+,25?,29-,30?/m1/s1. The monoisotopic (exact) mass is 522 g/mol. The van der Waals surface area contributed by atoms with Crippen LogP contribution >= 0.6 is 0 Å². The van der Waals surface area contributed by atoms with E-state index in [-0.39, 0.29) is 36.9 Å². The third-order valence-corrected chi connectivity index (χ3v) is 8.91. The molecule has 3 heterocycles. The molecule has 5 rings (SSSR count). The first kappa shape index (κ1) is 26.6. The van der Waals surface area contributed by atoms with E-state index in [1.54, 1.807) is 6.92 Å². The smallest absolute Gasteiger partial charge is 0.312 e. The second-order valence-corrected chi connectivity index (χ2v) is 11.7. The molecule has 2 aromatic carbocycles. The molecule has 3 unspecified atom stereocenters. The van der Waals surface area contributed by atoms with E-state index in [9.17, 15) is 19.5 Å². The lowest BCUT2D eigenvalue weighted by molar-refractivity contribution is -0.162. The molecular formula is C30H38N2O6. The molecule has 3 fully saturated rings. The van der Waals surface area contributed by atoms with Crippen molar-refractivity contribution in [1.29, 1.82) is 0 Å². The Hall–Kier alpha value is -2.97. The first-order valence-corrected chi connectivity index (χ1v) is 13.7. The molecule has 1 spiro atoms. The molecule has 2 bridgehead atoms. The number of carbonyl (C=O) groups is 3. The van der Waals surface area contributed by atoms with Gasteiger partial charge in [0.2, 0.25) is 11.8 Å². The number of hydrogen-bond donors (Lipinski definition) is 2. The summed E-state index contributed by atoms with van der Waals surface area (Å²) >= 11 is 0. The summed E-state index contributed by atoms with van der Waals surface area (Å²) in [6.45, 7) is 9.53. The van der Waals surface area contributed by atoms with Gasteiger partial charge in [0.05, 0.1) is 30.8 Å². The van der Waals surface area contributed by atoms with Crippen LogP contribution in [0.25, 0.3) is 10.8 Å². The van der Waals surface area contributed by atoms with E-state index < -0.39 is 41.1 Å². The number of anilines is 1. The molecule has 2 aromatic rings. The zero-order valence-corrected chi connectivity index (χ0v) is 22.8. The summed E-state index contributed by atoms with van der Waals surface area (Å²) in [7, 11) is 0. The van der Waals surface area contributed by atoms with Crippen LogP contribution in [0.3, 0.4) is 0 Å². The zero-order chi connectivity index (χ0) is 27.4. The third-order valence-electron chi connectivity index (χ3n) is 8.91. The number of hydrogen-bond acceptors (Lipinski definition) is 6. The highest BCUT2D eigenvalue weighted by atomic mass is 16.6. The summed E-state index contributed by atoms with van der Waals surface area (Å²) in [6, 6.07) is 12.0. The largest absolute Gasteiger partial charge is 0.466 e. The predicted molar refractivity (Wildman–Crippen MR) is 143 cm³/mol. The summed E-state index contributed by atoms with van der Waals surface area (Å²) in [6.07, 6.45) is 0.976. The van der Waals surface area contributed by atoms with Gasteiger partial charge >= 0.3 is 5.97 Å². The van der Waals surface area contributed by atoms with Gasteiger partial charge in [-0.15, -0.1) is 0 Å². The highest BCUT2D eigenvalue weighted by Crippen LogP contribution is 2.65. The topological polar surface area (TPSA) is 105 Å². The second-order valence-electron chi connectivity index (χ2n) is 11.7. The lowest BCUT2D eigenvalue weighted by Crippen LogP contribution is -2.56. The van der Waals surface area contributed by atoms with Crippen molar-refractivity contribution >= 4 is 34.2 Å². The van der Waals surface area contributed by atoms with Crippen molar-refractivity contribution in [3.05, 3.63) is 42.5 Å². The lowest BCUT2D eigenvalue weighted by Gasteiger charge is -2.37.